The van der Waals surface area contributed by atoms with Gasteiger partial charge in [0.15, 0.2) is 5.78 Å². The topological polar surface area (TPSA) is 136 Å². The third kappa shape index (κ3) is 7.10. The number of carbonyl (C=O) groups is 5. The molecule has 9 nitrogen and oxygen atoms in total. The normalized spacial score (nSPS) is 36.2. The number of ether oxygens (including phenoxy) is 2. The van der Waals surface area contributed by atoms with Gasteiger partial charge >= 0.3 is 11.9 Å². The highest BCUT2D eigenvalue weighted by Gasteiger charge is 2.56. The SMILES string of the molecule is CC(=O)O[C@@H]1/C=C\C(C)=C/[C@@H](NC(=O)C(C)=O)[C@]2(C)C(=O)O[C@H](C[C@H](O)/C=C\C(C)=C/C1)[C@@H](C)C2=O. The Morgan fingerprint density at radius 3 is 2.36 bits per heavy atom. The van der Waals surface area contributed by atoms with Gasteiger partial charge in [-0.1, -0.05) is 48.5 Å². The minimum atomic E-state index is -1.81. The molecule has 0 spiro atoms. The van der Waals surface area contributed by atoms with Crippen LogP contribution in [0.25, 0.3) is 0 Å². The van der Waals surface area contributed by atoms with Crippen molar-refractivity contribution in [3.05, 3.63) is 47.6 Å². The first-order valence-corrected chi connectivity index (χ1v) is 11.9. The number of Topliss-reactive ketones (excluding diaryl/α,β-unsaturated/α-hetero) is 2. The van der Waals surface area contributed by atoms with E-state index in [1.807, 2.05) is 13.0 Å². The monoisotopic (exact) mass is 501 g/mol. The lowest BCUT2D eigenvalue weighted by Gasteiger charge is -2.42. The smallest absolute Gasteiger partial charge is 0.322 e. The first kappa shape index (κ1) is 28.9. The Hall–Kier alpha value is -3.33. The minimum Gasteiger partial charge on any atom is -0.461 e. The van der Waals surface area contributed by atoms with Gasteiger partial charge in [-0.15, -0.1) is 0 Å². The molecule has 1 amide bonds. The largest absolute Gasteiger partial charge is 0.461 e. The number of nitrogens with one attached hydrogen (secondary N) is 1. The number of aliphatic hydroxyl groups excluding tert-OH is 1. The Morgan fingerprint density at radius 1 is 1.11 bits per heavy atom. The maximum atomic E-state index is 13.5. The van der Waals surface area contributed by atoms with Crippen LogP contribution in [0.3, 0.4) is 0 Å². The van der Waals surface area contributed by atoms with Gasteiger partial charge in [0.25, 0.3) is 5.91 Å². The summed E-state index contributed by atoms with van der Waals surface area (Å²) in [4.78, 5) is 62.3. The molecule has 196 valence electrons. The summed E-state index contributed by atoms with van der Waals surface area (Å²) >= 11 is 0. The number of esters is 2. The fraction of sp³-hybridized carbons (Fsp3) is 0.519. The standard InChI is InChI=1S/C27H35NO8/c1-15-7-10-20(31)14-22-17(3)24(32)27(6,26(34)36-22)23(28-25(33)18(4)29)13-16(2)9-12-21(11-8-15)35-19(5)30/h7-10,12-13,17,20-23,31H,11,14H2,1-6H3,(H,28,33)/b10-7-,12-9-,15-8-,16-13-/t17-,20-,21+,22-,23-,27+/m1/s1. The number of aliphatic hydroxyl groups is 1. The molecule has 0 aromatic rings. The highest BCUT2D eigenvalue weighted by molar-refractivity contribution is 6.35. The van der Waals surface area contributed by atoms with Crippen LogP contribution in [0.15, 0.2) is 47.6 Å². The van der Waals surface area contributed by atoms with E-state index in [1.165, 1.54) is 19.9 Å². The molecule has 1 saturated heterocycles. The summed E-state index contributed by atoms with van der Waals surface area (Å²) in [6.07, 6.45) is 7.84. The number of hydrogen-bond acceptors (Lipinski definition) is 8. The Bertz CT molecular complexity index is 1040. The quantitative estimate of drug-likeness (QED) is 0.342. The highest BCUT2D eigenvalue weighted by Crippen LogP contribution is 2.38. The molecule has 3 rings (SSSR count). The first-order valence-electron chi connectivity index (χ1n) is 11.9. The third-order valence-electron chi connectivity index (χ3n) is 6.44. The predicted octanol–water partition coefficient (Wildman–Crippen LogP) is 2.29. The number of allylic oxidation sites excluding steroid dienone is 4. The fourth-order valence-electron chi connectivity index (χ4n) is 4.14. The van der Waals surface area contributed by atoms with Gasteiger partial charge < -0.3 is 19.9 Å². The molecule has 36 heavy (non-hydrogen) atoms. The summed E-state index contributed by atoms with van der Waals surface area (Å²) in [5.41, 5.74) is -0.434. The van der Waals surface area contributed by atoms with Crippen molar-refractivity contribution in [3.8, 4) is 0 Å². The van der Waals surface area contributed by atoms with Crippen LogP contribution < -0.4 is 5.32 Å². The number of rotatable bonds is 3. The lowest BCUT2D eigenvalue weighted by Crippen LogP contribution is -2.61. The number of hydrogen-bond donors (Lipinski definition) is 2. The molecule has 0 unspecified atom stereocenters. The molecule has 0 saturated carbocycles. The maximum absolute atomic E-state index is 13.5. The van der Waals surface area contributed by atoms with E-state index in [4.69, 9.17) is 9.47 Å². The van der Waals surface area contributed by atoms with E-state index in [0.717, 1.165) is 12.5 Å². The molecule has 2 bridgehead atoms. The van der Waals surface area contributed by atoms with Crippen molar-refractivity contribution >= 4 is 29.4 Å². The molecule has 1 fully saturated rings. The van der Waals surface area contributed by atoms with Gasteiger partial charge in [0.2, 0.25) is 5.78 Å². The summed E-state index contributed by atoms with van der Waals surface area (Å²) in [5.74, 6) is -4.29. The van der Waals surface area contributed by atoms with Crippen molar-refractivity contribution in [2.75, 3.05) is 0 Å². The maximum Gasteiger partial charge on any atom is 0.322 e. The zero-order valence-corrected chi connectivity index (χ0v) is 21.6. The van der Waals surface area contributed by atoms with Crippen molar-refractivity contribution in [1.82, 2.24) is 5.32 Å². The van der Waals surface area contributed by atoms with Crippen LogP contribution in [0.2, 0.25) is 0 Å². The Balaban J connectivity index is 2.62. The average Bonchev–Trinajstić information content (AvgIpc) is 2.80. The summed E-state index contributed by atoms with van der Waals surface area (Å²) in [6, 6.07) is -1.18. The van der Waals surface area contributed by atoms with Crippen molar-refractivity contribution in [1.29, 1.82) is 0 Å². The van der Waals surface area contributed by atoms with E-state index in [2.05, 4.69) is 5.32 Å². The van der Waals surface area contributed by atoms with Crippen LogP contribution in [-0.2, 0) is 33.4 Å². The summed E-state index contributed by atoms with van der Waals surface area (Å²) < 4.78 is 11.0. The van der Waals surface area contributed by atoms with Crippen molar-refractivity contribution < 1.29 is 38.6 Å². The highest BCUT2D eigenvalue weighted by atomic mass is 16.6. The number of amides is 1. The molecule has 0 radical (unpaired) electrons. The minimum absolute atomic E-state index is 0.00940. The second-order valence-corrected chi connectivity index (χ2v) is 9.57. The lowest BCUT2D eigenvalue weighted by molar-refractivity contribution is -0.181. The summed E-state index contributed by atoms with van der Waals surface area (Å²) in [5, 5.41) is 13.0. The van der Waals surface area contributed by atoms with E-state index in [-0.39, 0.29) is 6.42 Å². The van der Waals surface area contributed by atoms with Crippen molar-refractivity contribution in [3.63, 3.8) is 0 Å². The van der Waals surface area contributed by atoms with Gasteiger partial charge in [-0.05, 0) is 26.8 Å². The second-order valence-electron chi connectivity index (χ2n) is 9.57. The van der Waals surface area contributed by atoms with E-state index >= 15 is 0 Å². The van der Waals surface area contributed by atoms with Gasteiger partial charge in [0.1, 0.15) is 17.6 Å². The number of fused-ring (bicyclic) bond motifs is 10. The van der Waals surface area contributed by atoms with Gasteiger partial charge in [0.05, 0.1) is 18.1 Å². The van der Waals surface area contributed by atoms with Gasteiger partial charge in [-0.3, -0.25) is 24.0 Å². The van der Waals surface area contributed by atoms with E-state index in [0.29, 0.717) is 12.0 Å². The molecular formula is C27H35NO8. The van der Waals surface area contributed by atoms with Gasteiger partial charge in [-0.25, -0.2) is 0 Å². The van der Waals surface area contributed by atoms with Crippen LogP contribution in [0.5, 0.6) is 0 Å². The van der Waals surface area contributed by atoms with Crippen LogP contribution >= 0.6 is 0 Å². The van der Waals surface area contributed by atoms with Crippen molar-refractivity contribution in [2.24, 2.45) is 11.3 Å². The fourth-order valence-corrected chi connectivity index (χ4v) is 4.14. The molecule has 2 N–H and O–H groups in total. The van der Waals surface area contributed by atoms with E-state index < -0.39 is 65.1 Å². The average molecular weight is 502 g/mol. The molecule has 9 heteroatoms. The van der Waals surface area contributed by atoms with Gasteiger partial charge in [0, 0.05) is 26.7 Å². The number of ketones is 2. The molecule has 1 aliphatic carbocycles. The molecular weight excluding hydrogens is 466 g/mol. The first-order chi connectivity index (χ1) is 16.7. The molecule has 0 aromatic heterocycles. The Labute approximate surface area is 211 Å². The molecule has 2 heterocycles. The zero-order valence-electron chi connectivity index (χ0n) is 21.6. The number of carbonyl (C=O) groups excluding carboxylic acids is 5. The van der Waals surface area contributed by atoms with Crippen LogP contribution in [-0.4, -0.2) is 58.9 Å². The Kier molecular flexibility index (Phi) is 9.69. The summed E-state index contributed by atoms with van der Waals surface area (Å²) in [7, 11) is 0. The van der Waals surface area contributed by atoms with E-state index in [9.17, 15) is 29.1 Å². The van der Waals surface area contributed by atoms with Crippen LogP contribution in [0.4, 0.5) is 0 Å². The Morgan fingerprint density at radius 2 is 1.75 bits per heavy atom. The molecule has 3 aliphatic rings. The predicted molar refractivity (Wildman–Crippen MR) is 131 cm³/mol. The molecule has 0 aromatic carbocycles. The van der Waals surface area contributed by atoms with E-state index in [1.54, 1.807) is 38.2 Å². The van der Waals surface area contributed by atoms with Crippen molar-refractivity contribution in [2.45, 2.75) is 78.7 Å². The summed E-state index contributed by atoms with van der Waals surface area (Å²) in [6.45, 7) is 8.89. The lowest BCUT2D eigenvalue weighted by atomic mass is 9.69. The van der Waals surface area contributed by atoms with Gasteiger partial charge in [-0.2, -0.15) is 0 Å². The molecule has 2 aliphatic heterocycles. The molecule has 6 atom stereocenters. The third-order valence-corrected chi connectivity index (χ3v) is 6.44. The second kappa shape index (κ2) is 12.1. The van der Waals surface area contributed by atoms with Crippen LogP contribution in [0, 0.1) is 11.3 Å². The van der Waals surface area contributed by atoms with Crippen LogP contribution in [0.1, 0.15) is 54.4 Å². The zero-order chi connectivity index (χ0) is 27.2.